The summed E-state index contributed by atoms with van der Waals surface area (Å²) in [5.41, 5.74) is 0. The molecule has 1 aliphatic rings. The first kappa shape index (κ1) is 14.1. The average molecular weight is 236 g/mol. The molecule has 0 aromatic carbocycles. The molecular formula is C15H24O2. The van der Waals surface area contributed by atoms with Crippen LogP contribution in [-0.4, -0.2) is 11.1 Å². The number of hydrogen-bond donors (Lipinski definition) is 1. The highest BCUT2D eigenvalue weighted by Crippen LogP contribution is 2.36. The molecule has 1 aliphatic carbocycles. The molecule has 1 unspecified atom stereocenters. The van der Waals surface area contributed by atoms with Gasteiger partial charge in [-0.15, -0.1) is 5.92 Å². The van der Waals surface area contributed by atoms with Crippen molar-refractivity contribution >= 4 is 5.97 Å². The van der Waals surface area contributed by atoms with Gasteiger partial charge in [0.15, 0.2) is 0 Å². The van der Waals surface area contributed by atoms with Gasteiger partial charge in [0.1, 0.15) is 5.92 Å². The predicted octanol–water partition coefficient (Wildman–Crippen LogP) is 3.85. The first-order valence-corrected chi connectivity index (χ1v) is 6.97. The van der Waals surface area contributed by atoms with Gasteiger partial charge in [-0.25, -0.2) is 0 Å². The number of carboxylic acids is 1. The fraction of sp³-hybridized carbons (Fsp3) is 0.800. The minimum absolute atomic E-state index is 0.338. The van der Waals surface area contributed by atoms with E-state index in [0.29, 0.717) is 5.92 Å². The van der Waals surface area contributed by atoms with Gasteiger partial charge in [-0.3, -0.25) is 4.79 Å². The molecule has 0 heterocycles. The number of carboxylic acid groups (broad SMARTS) is 1. The highest BCUT2D eigenvalue weighted by Gasteiger charge is 2.34. The molecule has 0 aliphatic heterocycles. The van der Waals surface area contributed by atoms with Gasteiger partial charge in [-0.1, -0.05) is 44.9 Å². The third-order valence-corrected chi connectivity index (χ3v) is 3.27. The average Bonchev–Trinajstić information content (AvgIpc) is 3.10. The van der Waals surface area contributed by atoms with E-state index in [1.165, 1.54) is 32.1 Å². The Hall–Kier alpha value is -0.970. The van der Waals surface area contributed by atoms with Crippen molar-refractivity contribution in [1.29, 1.82) is 0 Å². The normalized spacial score (nSPS) is 16.1. The van der Waals surface area contributed by atoms with Crippen LogP contribution in [0.2, 0.25) is 0 Å². The Balaban J connectivity index is 2.06. The number of rotatable bonds is 8. The Morgan fingerprint density at radius 1 is 1.24 bits per heavy atom. The fourth-order valence-electron chi connectivity index (χ4n) is 1.99. The first-order chi connectivity index (χ1) is 8.25. The van der Waals surface area contributed by atoms with Crippen LogP contribution in [0.5, 0.6) is 0 Å². The van der Waals surface area contributed by atoms with E-state index in [-0.39, 0.29) is 0 Å². The van der Waals surface area contributed by atoms with Crippen LogP contribution in [-0.2, 0) is 4.79 Å². The van der Waals surface area contributed by atoms with Crippen LogP contribution in [0.15, 0.2) is 0 Å². The Morgan fingerprint density at radius 2 is 1.88 bits per heavy atom. The predicted molar refractivity (Wildman–Crippen MR) is 69.6 cm³/mol. The van der Waals surface area contributed by atoms with Crippen molar-refractivity contribution in [2.75, 3.05) is 0 Å². The number of carbonyl (C=O) groups is 1. The van der Waals surface area contributed by atoms with E-state index in [4.69, 9.17) is 5.11 Å². The van der Waals surface area contributed by atoms with Gasteiger partial charge in [-0.05, 0) is 25.2 Å². The van der Waals surface area contributed by atoms with E-state index < -0.39 is 11.9 Å². The second-order valence-corrected chi connectivity index (χ2v) is 4.99. The fourth-order valence-corrected chi connectivity index (χ4v) is 1.99. The molecule has 2 nitrogen and oxygen atoms in total. The Labute approximate surface area is 105 Å². The van der Waals surface area contributed by atoms with Gasteiger partial charge in [0, 0.05) is 6.42 Å². The van der Waals surface area contributed by atoms with Gasteiger partial charge >= 0.3 is 5.97 Å². The Kier molecular flexibility index (Phi) is 6.77. The maximum absolute atomic E-state index is 10.9. The number of aliphatic carboxylic acids is 1. The van der Waals surface area contributed by atoms with Gasteiger partial charge in [0.2, 0.25) is 0 Å². The largest absolute Gasteiger partial charge is 0.480 e. The second kappa shape index (κ2) is 8.17. The first-order valence-electron chi connectivity index (χ1n) is 6.97. The monoisotopic (exact) mass is 236 g/mol. The van der Waals surface area contributed by atoms with Gasteiger partial charge in [0.25, 0.3) is 0 Å². The molecular weight excluding hydrogens is 212 g/mol. The van der Waals surface area contributed by atoms with Gasteiger partial charge in [0.05, 0.1) is 0 Å². The minimum atomic E-state index is -0.733. The lowest BCUT2D eigenvalue weighted by molar-refractivity contribution is -0.140. The molecule has 1 N–H and O–H groups in total. The third kappa shape index (κ3) is 6.36. The van der Waals surface area contributed by atoms with Crippen molar-refractivity contribution < 1.29 is 9.90 Å². The quantitative estimate of drug-likeness (QED) is 0.513. The highest BCUT2D eigenvalue weighted by atomic mass is 16.4. The van der Waals surface area contributed by atoms with Crippen molar-refractivity contribution in [2.45, 2.75) is 64.7 Å². The molecule has 0 aromatic heterocycles. The molecule has 1 rings (SSSR count). The van der Waals surface area contributed by atoms with Crippen molar-refractivity contribution in [1.82, 2.24) is 0 Å². The molecule has 1 fully saturated rings. The summed E-state index contributed by atoms with van der Waals surface area (Å²) < 4.78 is 0. The van der Waals surface area contributed by atoms with Crippen LogP contribution in [0.4, 0.5) is 0 Å². The molecule has 0 saturated heterocycles. The van der Waals surface area contributed by atoms with Crippen LogP contribution in [0.3, 0.4) is 0 Å². The van der Waals surface area contributed by atoms with E-state index in [1.807, 2.05) is 0 Å². The third-order valence-electron chi connectivity index (χ3n) is 3.27. The standard InChI is InChI=1S/C15H24O2/c1-2-3-4-5-6-7-8-9-10-14(15(16)17)13-11-12-13/h13-14H,2-8,11-12H2,1H3,(H,16,17). The summed E-state index contributed by atoms with van der Waals surface area (Å²) in [4.78, 5) is 10.9. The number of unbranched alkanes of at least 4 members (excludes halogenated alkanes) is 6. The summed E-state index contributed by atoms with van der Waals surface area (Å²) in [5, 5.41) is 8.98. The zero-order valence-electron chi connectivity index (χ0n) is 10.9. The molecule has 0 spiro atoms. The second-order valence-electron chi connectivity index (χ2n) is 4.99. The molecule has 17 heavy (non-hydrogen) atoms. The number of hydrogen-bond acceptors (Lipinski definition) is 1. The lowest BCUT2D eigenvalue weighted by atomic mass is 10.0. The lowest BCUT2D eigenvalue weighted by Gasteiger charge is -2.01. The van der Waals surface area contributed by atoms with Crippen LogP contribution in [0.25, 0.3) is 0 Å². The van der Waals surface area contributed by atoms with E-state index >= 15 is 0 Å². The molecule has 1 atom stereocenters. The van der Waals surface area contributed by atoms with Crippen LogP contribution in [0.1, 0.15) is 64.7 Å². The topological polar surface area (TPSA) is 37.3 Å². The summed E-state index contributed by atoms with van der Waals surface area (Å²) in [6.45, 7) is 2.22. The summed E-state index contributed by atoms with van der Waals surface area (Å²) in [6.07, 6.45) is 10.5. The van der Waals surface area contributed by atoms with E-state index in [1.54, 1.807) is 0 Å². The van der Waals surface area contributed by atoms with Crippen LogP contribution in [0, 0.1) is 23.7 Å². The minimum Gasteiger partial charge on any atom is -0.480 e. The molecule has 1 saturated carbocycles. The molecule has 0 aromatic rings. The maximum atomic E-state index is 10.9. The molecule has 96 valence electrons. The van der Waals surface area contributed by atoms with Crippen molar-refractivity contribution in [3.63, 3.8) is 0 Å². The summed E-state index contributed by atoms with van der Waals surface area (Å²) in [5.74, 6) is 5.19. The van der Waals surface area contributed by atoms with E-state index in [2.05, 4.69) is 18.8 Å². The lowest BCUT2D eigenvalue weighted by Crippen LogP contribution is -2.13. The van der Waals surface area contributed by atoms with Gasteiger partial charge in [-0.2, -0.15) is 0 Å². The zero-order chi connectivity index (χ0) is 12.5. The Morgan fingerprint density at radius 3 is 2.47 bits per heavy atom. The Bertz CT molecular complexity index is 281. The summed E-state index contributed by atoms with van der Waals surface area (Å²) in [7, 11) is 0. The summed E-state index contributed by atoms with van der Waals surface area (Å²) >= 11 is 0. The SMILES string of the molecule is CCCCCCCCC#CC(C(=O)O)C1CC1. The van der Waals surface area contributed by atoms with Crippen molar-refractivity contribution in [3.8, 4) is 11.8 Å². The van der Waals surface area contributed by atoms with Crippen LogP contribution < -0.4 is 0 Å². The molecule has 0 radical (unpaired) electrons. The maximum Gasteiger partial charge on any atom is 0.318 e. The van der Waals surface area contributed by atoms with E-state index in [0.717, 1.165) is 25.7 Å². The molecule has 2 heteroatoms. The summed E-state index contributed by atoms with van der Waals surface area (Å²) in [6, 6.07) is 0. The van der Waals surface area contributed by atoms with Crippen LogP contribution >= 0.6 is 0 Å². The van der Waals surface area contributed by atoms with E-state index in [9.17, 15) is 4.79 Å². The molecule has 0 amide bonds. The van der Waals surface area contributed by atoms with Gasteiger partial charge < -0.3 is 5.11 Å². The zero-order valence-corrected chi connectivity index (χ0v) is 10.9. The highest BCUT2D eigenvalue weighted by molar-refractivity contribution is 5.74. The van der Waals surface area contributed by atoms with Crippen molar-refractivity contribution in [2.24, 2.45) is 11.8 Å². The molecule has 0 bridgehead atoms. The van der Waals surface area contributed by atoms with Crippen molar-refractivity contribution in [3.05, 3.63) is 0 Å². The smallest absolute Gasteiger partial charge is 0.318 e.